The molecule has 2 heterocycles. The minimum atomic E-state index is 0.0506. The second kappa shape index (κ2) is 6.79. The van der Waals surface area contributed by atoms with Crippen LogP contribution < -0.4 is 4.90 Å². The van der Waals surface area contributed by atoms with Crippen LogP contribution in [0.5, 0.6) is 0 Å². The molecule has 8 rings (SSSR count). The van der Waals surface area contributed by atoms with Crippen LogP contribution in [0.25, 0.3) is 32.3 Å². The molecule has 0 radical (unpaired) electrons. The van der Waals surface area contributed by atoms with E-state index in [0.29, 0.717) is 12.2 Å². The molecule has 0 unspecified atom stereocenters. The lowest BCUT2D eigenvalue weighted by Crippen LogP contribution is -2.54. The van der Waals surface area contributed by atoms with E-state index in [2.05, 4.69) is 99.7 Å². The number of nitrogens with zero attached hydrogens (tertiary/aromatic N) is 1. The number of carbonyl (C=O) groups is 1. The van der Waals surface area contributed by atoms with Gasteiger partial charge in [0.15, 0.2) is 0 Å². The van der Waals surface area contributed by atoms with Crippen molar-refractivity contribution in [3.05, 3.63) is 88.9 Å². The summed E-state index contributed by atoms with van der Waals surface area (Å²) >= 11 is 3.58. The average molecular weight is 480 g/mol. The average Bonchev–Trinajstić information content (AvgIpc) is 2.83. The van der Waals surface area contributed by atoms with Crippen molar-refractivity contribution in [1.29, 1.82) is 0 Å². The molecule has 0 spiro atoms. The minimum Gasteiger partial charge on any atom is -0.360 e. The van der Waals surface area contributed by atoms with Crippen molar-refractivity contribution in [2.24, 2.45) is 5.92 Å². The lowest BCUT2D eigenvalue weighted by molar-refractivity contribution is -0.128. The van der Waals surface area contributed by atoms with E-state index in [-0.39, 0.29) is 18.0 Å². The van der Waals surface area contributed by atoms with Crippen LogP contribution in [0.15, 0.2) is 83.3 Å². The Morgan fingerprint density at radius 2 is 1.50 bits per heavy atom. The molecule has 0 amide bonds. The summed E-state index contributed by atoms with van der Waals surface area (Å²) in [5.74, 6) is 0.486. The smallest absolute Gasteiger partial charge is 0.140 e. The monoisotopic (exact) mass is 479 g/mol. The van der Waals surface area contributed by atoms with Crippen molar-refractivity contribution in [1.82, 2.24) is 0 Å². The van der Waals surface area contributed by atoms with E-state index in [1.165, 1.54) is 43.6 Å². The van der Waals surface area contributed by atoms with Crippen molar-refractivity contribution >= 4 is 59.7 Å². The molecule has 2 saturated heterocycles. The fraction of sp³-hybridized carbons (Fsp3) is 0.207. The number of piperidine rings is 2. The zero-order chi connectivity index (χ0) is 21.4. The molecule has 2 bridgehead atoms. The maximum Gasteiger partial charge on any atom is 0.140 e. The molecule has 5 aromatic rings. The van der Waals surface area contributed by atoms with Crippen LogP contribution in [0.1, 0.15) is 30.9 Å². The van der Waals surface area contributed by atoms with Gasteiger partial charge in [0.05, 0.1) is 6.04 Å². The molecule has 2 nitrogen and oxygen atoms in total. The van der Waals surface area contributed by atoms with Gasteiger partial charge in [-0.3, -0.25) is 4.79 Å². The van der Waals surface area contributed by atoms with E-state index < -0.39 is 0 Å². The van der Waals surface area contributed by atoms with Gasteiger partial charge >= 0.3 is 0 Å². The molecular formula is C29H22BrNO. The standard InChI is InChI=1S/C29H22BrNO/c30-20-9-11-21(12-10-20)31-22-13-14-24(26(32)16-22)29(31)25-15-19-5-1-3-17-7-8-18-4-2-6-23(25)28(18)27(17)19/h1-12,15,22,24,29H,13-14,16H2/t22-,24+,29+/m1/s1. The first-order valence-corrected chi connectivity index (χ1v) is 12.2. The Morgan fingerprint density at radius 1 is 0.781 bits per heavy atom. The lowest BCUT2D eigenvalue weighted by Gasteiger charge is -2.52. The van der Waals surface area contributed by atoms with Gasteiger partial charge in [-0.05, 0) is 81.1 Å². The van der Waals surface area contributed by atoms with Gasteiger partial charge in [0.25, 0.3) is 0 Å². The zero-order valence-corrected chi connectivity index (χ0v) is 19.2. The Balaban J connectivity index is 1.54. The molecule has 156 valence electrons. The maximum absolute atomic E-state index is 13.2. The highest BCUT2D eigenvalue weighted by atomic mass is 79.9. The predicted molar refractivity (Wildman–Crippen MR) is 136 cm³/mol. The fourth-order valence-electron chi connectivity index (χ4n) is 6.40. The number of anilines is 1. The molecule has 3 fully saturated rings. The molecule has 1 saturated carbocycles. The number of hydrogen-bond acceptors (Lipinski definition) is 2. The Hall–Kier alpha value is -2.91. The summed E-state index contributed by atoms with van der Waals surface area (Å²) in [6.07, 6.45) is 2.74. The number of rotatable bonds is 2. The van der Waals surface area contributed by atoms with Gasteiger partial charge in [-0.2, -0.15) is 0 Å². The third-order valence-corrected chi connectivity index (χ3v) is 8.25. The summed E-state index contributed by atoms with van der Waals surface area (Å²) < 4.78 is 1.08. The Bertz CT molecular complexity index is 1510. The van der Waals surface area contributed by atoms with Gasteiger partial charge in [-0.15, -0.1) is 0 Å². The molecule has 5 aromatic carbocycles. The SMILES string of the molecule is O=C1C[C@H]2CC[C@@H]1[C@@H](c1cc3cccc4ccc5cccc1c5c43)N2c1ccc(Br)cc1. The van der Waals surface area contributed by atoms with Crippen molar-refractivity contribution in [3.63, 3.8) is 0 Å². The summed E-state index contributed by atoms with van der Waals surface area (Å²) in [6, 6.07) is 29.0. The number of ketones is 1. The number of benzene rings is 5. The highest BCUT2D eigenvalue weighted by Gasteiger charge is 2.47. The van der Waals surface area contributed by atoms with E-state index in [0.717, 1.165) is 17.3 Å². The van der Waals surface area contributed by atoms with Crippen molar-refractivity contribution in [2.75, 3.05) is 4.90 Å². The van der Waals surface area contributed by atoms with Gasteiger partial charge < -0.3 is 4.90 Å². The van der Waals surface area contributed by atoms with Gasteiger partial charge in [0.2, 0.25) is 0 Å². The summed E-state index contributed by atoms with van der Waals surface area (Å²) in [5.41, 5.74) is 2.51. The first-order chi connectivity index (χ1) is 15.7. The third-order valence-electron chi connectivity index (χ3n) is 7.72. The van der Waals surface area contributed by atoms with Crippen LogP contribution in [0.3, 0.4) is 0 Å². The third kappa shape index (κ3) is 2.55. The molecule has 3 heteroatoms. The first-order valence-electron chi connectivity index (χ1n) is 11.4. The van der Waals surface area contributed by atoms with Gasteiger partial charge in [-0.1, -0.05) is 64.5 Å². The molecule has 2 aliphatic heterocycles. The zero-order valence-electron chi connectivity index (χ0n) is 17.6. The second-order valence-corrected chi connectivity index (χ2v) is 10.3. The van der Waals surface area contributed by atoms with Crippen molar-refractivity contribution in [3.8, 4) is 0 Å². The lowest BCUT2D eigenvalue weighted by atomic mass is 9.70. The molecule has 3 atom stereocenters. The summed E-state index contributed by atoms with van der Waals surface area (Å²) in [6.45, 7) is 0. The van der Waals surface area contributed by atoms with E-state index in [1.807, 2.05) is 0 Å². The van der Waals surface area contributed by atoms with Crippen LogP contribution in [0.2, 0.25) is 0 Å². The minimum absolute atomic E-state index is 0.0506. The van der Waals surface area contributed by atoms with Crippen molar-refractivity contribution in [2.45, 2.75) is 31.3 Å². The molecule has 32 heavy (non-hydrogen) atoms. The molecule has 3 aliphatic rings. The highest BCUT2D eigenvalue weighted by molar-refractivity contribution is 9.10. The van der Waals surface area contributed by atoms with Crippen LogP contribution in [0.4, 0.5) is 5.69 Å². The molecule has 0 N–H and O–H groups in total. The predicted octanol–water partition coefficient (Wildman–Crippen LogP) is 7.65. The highest BCUT2D eigenvalue weighted by Crippen LogP contribution is 2.51. The van der Waals surface area contributed by atoms with Gasteiger partial charge in [-0.25, -0.2) is 0 Å². The fourth-order valence-corrected chi connectivity index (χ4v) is 6.66. The Kier molecular flexibility index (Phi) is 3.96. The van der Waals surface area contributed by atoms with Gasteiger partial charge in [0, 0.05) is 28.5 Å². The van der Waals surface area contributed by atoms with Crippen LogP contribution in [-0.4, -0.2) is 11.8 Å². The van der Waals surface area contributed by atoms with Crippen LogP contribution >= 0.6 is 15.9 Å². The Labute approximate surface area is 195 Å². The summed E-state index contributed by atoms with van der Waals surface area (Å²) in [7, 11) is 0. The molecule has 1 aliphatic carbocycles. The number of fused-ring (bicyclic) bond motifs is 3. The van der Waals surface area contributed by atoms with E-state index in [1.54, 1.807) is 0 Å². The number of halogens is 1. The van der Waals surface area contributed by atoms with E-state index in [4.69, 9.17) is 0 Å². The van der Waals surface area contributed by atoms with Gasteiger partial charge in [0.1, 0.15) is 5.78 Å². The number of hydrogen-bond donors (Lipinski definition) is 0. The normalized spacial score (nSPS) is 23.1. The van der Waals surface area contributed by atoms with E-state index >= 15 is 0 Å². The molecule has 0 aromatic heterocycles. The summed E-state index contributed by atoms with van der Waals surface area (Å²) in [5, 5.41) is 7.79. The Morgan fingerprint density at radius 3 is 2.28 bits per heavy atom. The molecular weight excluding hydrogens is 458 g/mol. The van der Waals surface area contributed by atoms with Crippen molar-refractivity contribution < 1.29 is 4.79 Å². The topological polar surface area (TPSA) is 20.3 Å². The quantitative estimate of drug-likeness (QED) is 0.242. The number of carbonyl (C=O) groups excluding carboxylic acids is 1. The second-order valence-electron chi connectivity index (χ2n) is 9.35. The van der Waals surface area contributed by atoms with E-state index in [9.17, 15) is 4.79 Å². The van der Waals surface area contributed by atoms with Crippen LogP contribution in [0, 0.1) is 5.92 Å². The first kappa shape index (κ1) is 18.6. The largest absolute Gasteiger partial charge is 0.360 e. The maximum atomic E-state index is 13.2. The number of Topliss-reactive ketones (excluding diaryl/α,β-unsaturated/α-hetero) is 1. The van der Waals surface area contributed by atoms with Crippen LogP contribution in [-0.2, 0) is 4.79 Å². The summed E-state index contributed by atoms with van der Waals surface area (Å²) in [4.78, 5) is 15.7.